The van der Waals surface area contributed by atoms with Gasteiger partial charge in [-0.15, -0.1) is 0 Å². The van der Waals surface area contributed by atoms with Gasteiger partial charge in [-0.2, -0.15) is 4.31 Å². The van der Waals surface area contributed by atoms with E-state index in [2.05, 4.69) is 5.32 Å². The van der Waals surface area contributed by atoms with Crippen LogP contribution in [0.25, 0.3) is 0 Å². The third-order valence-electron chi connectivity index (χ3n) is 4.92. The van der Waals surface area contributed by atoms with Gasteiger partial charge in [-0.05, 0) is 50.8 Å². The molecule has 0 atom stereocenters. The lowest BCUT2D eigenvalue weighted by atomic mass is 9.85. The van der Waals surface area contributed by atoms with Crippen LogP contribution in [0.1, 0.15) is 45.4 Å². The van der Waals surface area contributed by atoms with Crippen LogP contribution in [-0.4, -0.2) is 38.3 Å². The molecule has 6 nitrogen and oxygen atoms in total. The molecule has 1 amide bonds. The fourth-order valence-corrected chi connectivity index (χ4v) is 4.90. The third kappa shape index (κ3) is 3.98. The van der Waals surface area contributed by atoms with Crippen LogP contribution in [0.4, 0.5) is 5.69 Å². The van der Waals surface area contributed by atoms with Crippen molar-refractivity contribution < 1.29 is 17.9 Å². The standard InChI is InChI=1S/C18H26N2O4S/c1-2-24-16-10-9-15(19-18(21)14-7-6-8-14)13-17(16)25(22,23)20-11-4-3-5-12-20/h9-10,13-14H,2-8,11-12H2,1H3,(H,19,21). The Labute approximate surface area is 149 Å². The van der Waals surface area contributed by atoms with Gasteiger partial charge >= 0.3 is 0 Å². The number of anilines is 1. The average molecular weight is 366 g/mol. The summed E-state index contributed by atoms with van der Waals surface area (Å²) in [6.07, 6.45) is 5.70. The molecular formula is C18H26N2O4S. The first-order chi connectivity index (χ1) is 12.0. The van der Waals surface area contributed by atoms with Crippen LogP contribution < -0.4 is 10.1 Å². The van der Waals surface area contributed by atoms with E-state index in [0.29, 0.717) is 31.1 Å². The van der Waals surface area contributed by atoms with E-state index in [1.807, 2.05) is 6.92 Å². The maximum atomic E-state index is 13.1. The Bertz CT molecular complexity index is 723. The lowest BCUT2D eigenvalue weighted by Crippen LogP contribution is -2.36. The second-order valence-electron chi connectivity index (χ2n) is 6.68. The minimum atomic E-state index is -3.63. The van der Waals surface area contributed by atoms with E-state index >= 15 is 0 Å². The summed E-state index contributed by atoms with van der Waals surface area (Å²) in [5.41, 5.74) is 0.510. The highest BCUT2D eigenvalue weighted by molar-refractivity contribution is 7.89. The number of nitrogens with one attached hydrogen (secondary N) is 1. The van der Waals surface area contributed by atoms with E-state index in [1.54, 1.807) is 12.1 Å². The zero-order valence-corrected chi connectivity index (χ0v) is 15.5. The number of hydrogen-bond acceptors (Lipinski definition) is 4. The minimum Gasteiger partial charge on any atom is -0.492 e. The summed E-state index contributed by atoms with van der Waals surface area (Å²) in [5.74, 6) is 0.361. The molecule has 0 aromatic heterocycles. The molecule has 1 N–H and O–H groups in total. The molecule has 1 aromatic carbocycles. The summed E-state index contributed by atoms with van der Waals surface area (Å²) in [7, 11) is -3.63. The Kier molecular flexibility index (Phi) is 5.64. The zero-order valence-electron chi connectivity index (χ0n) is 14.7. The van der Waals surface area contributed by atoms with E-state index < -0.39 is 10.0 Å². The van der Waals surface area contributed by atoms with Crippen molar-refractivity contribution in [1.29, 1.82) is 0 Å². The van der Waals surface area contributed by atoms with Gasteiger partial charge in [0.2, 0.25) is 15.9 Å². The van der Waals surface area contributed by atoms with Crippen molar-refractivity contribution in [2.75, 3.05) is 25.0 Å². The second kappa shape index (κ2) is 7.74. The molecule has 1 heterocycles. The molecule has 0 radical (unpaired) electrons. The molecule has 2 aliphatic rings. The molecule has 1 saturated heterocycles. The van der Waals surface area contributed by atoms with Gasteiger partial charge in [-0.25, -0.2) is 8.42 Å². The van der Waals surface area contributed by atoms with Gasteiger partial charge in [0.25, 0.3) is 0 Å². The zero-order chi connectivity index (χ0) is 17.9. The molecule has 2 fully saturated rings. The van der Waals surface area contributed by atoms with Crippen molar-refractivity contribution in [3.05, 3.63) is 18.2 Å². The van der Waals surface area contributed by atoms with Crippen molar-refractivity contribution in [2.45, 2.75) is 50.3 Å². The van der Waals surface area contributed by atoms with Crippen molar-refractivity contribution in [1.82, 2.24) is 4.31 Å². The Morgan fingerprint density at radius 2 is 1.92 bits per heavy atom. The SMILES string of the molecule is CCOc1ccc(NC(=O)C2CCC2)cc1S(=O)(=O)N1CCCCC1. The van der Waals surface area contributed by atoms with Crippen LogP contribution in [0, 0.1) is 5.92 Å². The highest BCUT2D eigenvalue weighted by atomic mass is 32.2. The summed E-state index contributed by atoms with van der Waals surface area (Å²) >= 11 is 0. The number of piperidine rings is 1. The summed E-state index contributed by atoms with van der Waals surface area (Å²) in [5, 5.41) is 2.85. The Hall–Kier alpha value is -1.60. The molecule has 138 valence electrons. The van der Waals surface area contributed by atoms with Crippen LogP contribution in [0.2, 0.25) is 0 Å². The molecule has 1 aliphatic carbocycles. The number of ether oxygens (including phenoxy) is 1. The van der Waals surface area contributed by atoms with Gasteiger partial charge in [0.1, 0.15) is 10.6 Å². The molecule has 1 aromatic rings. The van der Waals surface area contributed by atoms with E-state index in [9.17, 15) is 13.2 Å². The summed E-state index contributed by atoms with van der Waals surface area (Å²) in [6, 6.07) is 4.87. The lowest BCUT2D eigenvalue weighted by Gasteiger charge is -2.27. The number of rotatable bonds is 6. The first kappa shape index (κ1) is 18.2. The van der Waals surface area contributed by atoms with Crippen molar-refractivity contribution in [3.63, 3.8) is 0 Å². The van der Waals surface area contributed by atoms with Gasteiger partial charge in [0.05, 0.1) is 6.61 Å². The molecular weight excluding hydrogens is 340 g/mol. The van der Waals surface area contributed by atoms with Gasteiger partial charge in [0.15, 0.2) is 0 Å². The second-order valence-corrected chi connectivity index (χ2v) is 8.58. The van der Waals surface area contributed by atoms with Crippen LogP contribution >= 0.6 is 0 Å². The predicted octanol–water partition coefficient (Wildman–Crippen LogP) is 3.00. The quantitative estimate of drug-likeness (QED) is 0.840. The number of amides is 1. The first-order valence-corrected chi connectivity index (χ1v) is 10.5. The molecule has 0 bridgehead atoms. The Morgan fingerprint density at radius 1 is 1.20 bits per heavy atom. The molecule has 1 saturated carbocycles. The van der Waals surface area contributed by atoms with Gasteiger partial charge in [-0.1, -0.05) is 12.8 Å². The average Bonchev–Trinajstić information content (AvgIpc) is 2.55. The van der Waals surface area contributed by atoms with E-state index in [-0.39, 0.29) is 16.7 Å². The van der Waals surface area contributed by atoms with Crippen LogP contribution in [-0.2, 0) is 14.8 Å². The molecule has 7 heteroatoms. The first-order valence-electron chi connectivity index (χ1n) is 9.10. The van der Waals surface area contributed by atoms with Gasteiger partial charge < -0.3 is 10.1 Å². The number of hydrogen-bond donors (Lipinski definition) is 1. The Morgan fingerprint density at radius 3 is 2.52 bits per heavy atom. The summed E-state index contributed by atoms with van der Waals surface area (Å²) in [4.78, 5) is 12.3. The number of carbonyl (C=O) groups is 1. The van der Waals surface area contributed by atoms with Crippen molar-refractivity contribution in [2.24, 2.45) is 5.92 Å². The Balaban J connectivity index is 1.88. The number of nitrogens with zero attached hydrogens (tertiary/aromatic N) is 1. The molecule has 25 heavy (non-hydrogen) atoms. The fourth-order valence-electron chi connectivity index (χ4n) is 3.22. The minimum absolute atomic E-state index is 0.0308. The topological polar surface area (TPSA) is 75.7 Å². The molecule has 1 aliphatic heterocycles. The fraction of sp³-hybridized carbons (Fsp3) is 0.611. The maximum absolute atomic E-state index is 13.1. The highest BCUT2D eigenvalue weighted by Gasteiger charge is 2.30. The predicted molar refractivity (Wildman–Crippen MR) is 96.2 cm³/mol. The van der Waals surface area contributed by atoms with Crippen LogP contribution in [0.3, 0.4) is 0 Å². The smallest absolute Gasteiger partial charge is 0.246 e. The van der Waals surface area contributed by atoms with E-state index in [1.165, 1.54) is 10.4 Å². The number of carbonyl (C=O) groups excluding carboxylic acids is 1. The van der Waals surface area contributed by atoms with Gasteiger partial charge in [-0.3, -0.25) is 4.79 Å². The highest BCUT2D eigenvalue weighted by Crippen LogP contribution is 2.33. The maximum Gasteiger partial charge on any atom is 0.246 e. The third-order valence-corrected chi connectivity index (χ3v) is 6.84. The molecule has 0 unspecified atom stereocenters. The van der Waals surface area contributed by atoms with E-state index in [0.717, 1.165) is 38.5 Å². The van der Waals surface area contributed by atoms with E-state index in [4.69, 9.17) is 4.74 Å². The van der Waals surface area contributed by atoms with Gasteiger partial charge in [0, 0.05) is 24.7 Å². The van der Waals surface area contributed by atoms with Crippen molar-refractivity contribution in [3.8, 4) is 5.75 Å². The summed E-state index contributed by atoms with van der Waals surface area (Å²) < 4.78 is 33.2. The number of benzene rings is 1. The van der Waals surface area contributed by atoms with Crippen LogP contribution in [0.5, 0.6) is 5.75 Å². The normalized spacial score (nSPS) is 19.2. The molecule has 3 rings (SSSR count). The number of sulfonamides is 1. The monoisotopic (exact) mass is 366 g/mol. The lowest BCUT2D eigenvalue weighted by molar-refractivity contribution is -0.122. The largest absolute Gasteiger partial charge is 0.492 e. The summed E-state index contributed by atoms with van der Waals surface area (Å²) in [6.45, 7) is 3.28. The van der Waals surface area contributed by atoms with Crippen molar-refractivity contribution >= 4 is 21.6 Å². The van der Waals surface area contributed by atoms with Crippen LogP contribution in [0.15, 0.2) is 23.1 Å². The molecule has 0 spiro atoms.